The van der Waals surface area contributed by atoms with E-state index >= 15 is 0 Å². The molecular weight excluding hydrogens is 757 g/mol. The van der Waals surface area contributed by atoms with Crippen LogP contribution in [0.25, 0.3) is 0 Å². The van der Waals surface area contributed by atoms with Crippen LogP contribution in [0.5, 0.6) is 0 Å². The van der Waals surface area contributed by atoms with Gasteiger partial charge in [-0.1, -0.05) is 6.42 Å². The SMILES string of the molecule is CS(=O)(=O)SCCCCCC(=O)CCCOCCOCCOCCOCCOCCOCCOCCOCCOCCOCCOCCOCCC(=O)O. The minimum atomic E-state index is -2.97. The number of hydrogen-bond acceptors (Lipinski definition) is 17. The van der Waals surface area contributed by atoms with Gasteiger partial charge in [-0.25, -0.2) is 8.42 Å². The summed E-state index contributed by atoms with van der Waals surface area (Å²) in [6.45, 7) is 10.9. The smallest absolute Gasteiger partial charge is 0.305 e. The molecule has 0 aromatic rings. The van der Waals surface area contributed by atoms with Crippen LogP contribution in [-0.4, -0.2) is 196 Å². The van der Waals surface area contributed by atoms with Gasteiger partial charge >= 0.3 is 5.97 Å². The molecule has 0 radical (unpaired) electrons. The maximum atomic E-state index is 11.9. The van der Waals surface area contributed by atoms with Crippen LogP contribution in [0.1, 0.15) is 44.9 Å². The Balaban J connectivity index is 3.12. The summed E-state index contributed by atoms with van der Waals surface area (Å²) >= 11 is 0. The van der Waals surface area contributed by atoms with E-state index in [0.717, 1.165) is 30.1 Å². The summed E-state index contributed by atoms with van der Waals surface area (Å²) in [4.78, 5) is 22.2. The standard InChI is InChI=1S/C35H68O17S2/c1-54(39,40)53-33-4-2-3-6-34(36)7-5-9-41-11-13-43-15-17-45-19-21-47-23-25-49-27-29-51-31-32-52-30-28-50-26-24-48-22-20-46-18-16-44-14-12-42-10-8-35(37)38/h2-33H2,1H3,(H,37,38). The summed E-state index contributed by atoms with van der Waals surface area (Å²) < 4.78 is 87.2. The zero-order valence-electron chi connectivity index (χ0n) is 32.4. The van der Waals surface area contributed by atoms with Crippen molar-refractivity contribution in [1.82, 2.24) is 0 Å². The molecule has 17 nitrogen and oxygen atoms in total. The quantitative estimate of drug-likeness (QED) is 0.0692. The summed E-state index contributed by atoms with van der Waals surface area (Å²) in [5.74, 6) is -0.0795. The summed E-state index contributed by atoms with van der Waals surface area (Å²) in [6, 6.07) is 0. The Hall–Kier alpha value is -1.04. The molecule has 19 heteroatoms. The highest BCUT2D eigenvalue weighted by Crippen LogP contribution is 2.13. The molecule has 322 valence electrons. The largest absolute Gasteiger partial charge is 0.481 e. The van der Waals surface area contributed by atoms with Gasteiger partial charge in [0.2, 0.25) is 0 Å². The maximum absolute atomic E-state index is 11.9. The topological polar surface area (TPSA) is 199 Å². The Kier molecular flexibility index (Phi) is 42.3. The van der Waals surface area contributed by atoms with Gasteiger partial charge in [-0.05, 0) is 30.1 Å². The molecule has 0 spiro atoms. The maximum Gasteiger partial charge on any atom is 0.305 e. The number of carboxylic acids is 1. The number of hydrogen-bond donors (Lipinski definition) is 1. The Morgan fingerprint density at radius 1 is 0.389 bits per heavy atom. The lowest BCUT2D eigenvalue weighted by Gasteiger charge is -2.09. The highest BCUT2D eigenvalue weighted by molar-refractivity contribution is 8.71. The number of Topliss-reactive ketones (excluding diaryl/α,β-unsaturated/α-hetero) is 1. The molecule has 0 rings (SSSR count). The monoisotopic (exact) mass is 824 g/mol. The van der Waals surface area contributed by atoms with Gasteiger partial charge in [0.15, 0.2) is 8.87 Å². The van der Waals surface area contributed by atoms with Gasteiger partial charge < -0.3 is 61.9 Å². The van der Waals surface area contributed by atoms with E-state index in [9.17, 15) is 18.0 Å². The fourth-order valence-electron chi connectivity index (χ4n) is 3.99. The number of carbonyl (C=O) groups excluding carboxylic acids is 1. The lowest BCUT2D eigenvalue weighted by atomic mass is 10.1. The molecule has 0 aromatic carbocycles. The van der Waals surface area contributed by atoms with Crippen molar-refractivity contribution in [3.63, 3.8) is 0 Å². The van der Waals surface area contributed by atoms with Crippen molar-refractivity contribution < 1.29 is 80.0 Å². The Labute approximate surface area is 326 Å². The molecule has 0 aliphatic carbocycles. The Bertz CT molecular complexity index is 914. The van der Waals surface area contributed by atoms with E-state index in [-0.39, 0.29) is 18.8 Å². The van der Waals surface area contributed by atoms with Crippen molar-refractivity contribution in [1.29, 1.82) is 0 Å². The van der Waals surface area contributed by atoms with Gasteiger partial charge in [0, 0.05) is 31.5 Å². The van der Waals surface area contributed by atoms with E-state index in [4.69, 9.17) is 61.9 Å². The van der Waals surface area contributed by atoms with E-state index in [1.54, 1.807) is 0 Å². The molecule has 0 aromatic heterocycles. The van der Waals surface area contributed by atoms with Crippen molar-refractivity contribution in [3.8, 4) is 0 Å². The number of rotatable bonds is 47. The predicted molar refractivity (Wildman–Crippen MR) is 202 cm³/mol. The van der Waals surface area contributed by atoms with Crippen molar-refractivity contribution in [2.24, 2.45) is 0 Å². The molecule has 0 bridgehead atoms. The molecule has 0 aliphatic rings. The van der Waals surface area contributed by atoms with E-state index < -0.39 is 14.8 Å². The van der Waals surface area contributed by atoms with Crippen molar-refractivity contribution in [2.45, 2.75) is 44.9 Å². The first-order chi connectivity index (χ1) is 26.3. The summed E-state index contributed by atoms with van der Waals surface area (Å²) in [6.07, 6.45) is 5.40. The first-order valence-electron chi connectivity index (χ1n) is 18.8. The average molecular weight is 825 g/mol. The van der Waals surface area contributed by atoms with Gasteiger partial charge in [-0.15, -0.1) is 0 Å². The lowest BCUT2D eigenvalue weighted by Crippen LogP contribution is -2.15. The molecule has 0 fully saturated rings. The fraction of sp³-hybridized carbons (Fsp3) is 0.943. The van der Waals surface area contributed by atoms with Gasteiger partial charge in [-0.3, -0.25) is 9.59 Å². The molecular formula is C35H68O17S2. The zero-order chi connectivity index (χ0) is 39.5. The van der Waals surface area contributed by atoms with Crippen molar-refractivity contribution in [3.05, 3.63) is 0 Å². The molecule has 0 amide bonds. The van der Waals surface area contributed by atoms with E-state index in [2.05, 4.69) is 0 Å². The van der Waals surface area contributed by atoms with Gasteiger partial charge in [-0.2, -0.15) is 0 Å². The molecule has 54 heavy (non-hydrogen) atoms. The second kappa shape index (κ2) is 43.1. The van der Waals surface area contributed by atoms with Crippen LogP contribution < -0.4 is 0 Å². The van der Waals surface area contributed by atoms with Crippen LogP contribution in [0.2, 0.25) is 0 Å². The number of carboxylic acid groups (broad SMARTS) is 1. The first kappa shape index (κ1) is 53.0. The zero-order valence-corrected chi connectivity index (χ0v) is 34.1. The molecule has 0 atom stereocenters. The van der Waals surface area contributed by atoms with Crippen molar-refractivity contribution >= 4 is 31.4 Å². The Morgan fingerprint density at radius 2 is 0.667 bits per heavy atom. The molecule has 1 N–H and O–H groups in total. The average Bonchev–Trinajstić information content (AvgIpc) is 3.13. The fourth-order valence-corrected chi connectivity index (χ4v) is 5.87. The minimum Gasteiger partial charge on any atom is -0.481 e. The molecule has 0 unspecified atom stereocenters. The van der Waals surface area contributed by atoms with Crippen LogP contribution in [0.15, 0.2) is 0 Å². The van der Waals surface area contributed by atoms with E-state index in [1.165, 1.54) is 6.26 Å². The van der Waals surface area contributed by atoms with Gasteiger partial charge in [0.1, 0.15) is 5.78 Å². The second-order valence-corrected chi connectivity index (χ2v) is 16.0. The summed E-state index contributed by atoms with van der Waals surface area (Å²) in [5, 5.41) is 8.49. The molecule has 0 heterocycles. The van der Waals surface area contributed by atoms with Crippen LogP contribution in [0, 0.1) is 0 Å². The summed E-state index contributed by atoms with van der Waals surface area (Å²) in [5.41, 5.74) is 0. The van der Waals surface area contributed by atoms with Crippen LogP contribution in [0.4, 0.5) is 0 Å². The lowest BCUT2D eigenvalue weighted by molar-refractivity contribution is -0.138. The van der Waals surface area contributed by atoms with E-state index in [1.807, 2.05) is 0 Å². The first-order valence-corrected chi connectivity index (χ1v) is 22.2. The van der Waals surface area contributed by atoms with Crippen LogP contribution >= 0.6 is 10.8 Å². The minimum absolute atomic E-state index is 0.00881. The van der Waals surface area contributed by atoms with Crippen molar-refractivity contribution in [2.75, 3.05) is 171 Å². The normalized spacial score (nSPS) is 11.8. The van der Waals surface area contributed by atoms with Gasteiger partial charge in [0.25, 0.3) is 0 Å². The highest BCUT2D eigenvalue weighted by atomic mass is 33.1. The number of ether oxygens (including phenoxy) is 12. The molecule has 0 saturated carbocycles. The highest BCUT2D eigenvalue weighted by Gasteiger charge is 2.05. The third-order valence-electron chi connectivity index (χ3n) is 6.69. The molecule has 0 saturated heterocycles. The van der Waals surface area contributed by atoms with E-state index in [0.29, 0.717) is 177 Å². The number of carbonyl (C=O) groups is 2. The van der Waals surface area contributed by atoms with Crippen LogP contribution in [0.3, 0.4) is 0 Å². The Morgan fingerprint density at radius 3 is 0.963 bits per heavy atom. The molecule has 0 aliphatic heterocycles. The second-order valence-electron chi connectivity index (χ2n) is 11.5. The number of unbranched alkanes of at least 4 members (excludes halogenated alkanes) is 2. The third-order valence-corrected chi connectivity index (χ3v) is 9.36. The predicted octanol–water partition coefficient (Wildman–Crippen LogP) is 2.26. The van der Waals surface area contributed by atoms with Crippen LogP contribution in [-0.2, 0) is 75.3 Å². The summed E-state index contributed by atoms with van der Waals surface area (Å²) in [7, 11) is -2.01. The van der Waals surface area contributed by atoms with Gasteiger partial charge in [0.05, 0.1) is 158 Å². The number of ketones is 1. The number of aliphatic carboxylic acids is 1. The third kappa shape index (κ3) is 49.0.